The molecule has 0 bridgehead atoms. The standard InChI is InChI=1S/C8H7N3O/c12-11-9-7-3-1-2-6-4-5-10(11)8(6)7/h1-5,9,11H. The first-order valence-electron chi connectivity index (χ1n) is 3.78. The van der Waals surface area contributed by atoms with Crippen molar-refractivity contribution < 1.29 is 5.28 Å². The molecule has 0 radical (unpaired) electrons. The summed E-state index contributed by atoms with van der Waals surface area (Å²) in [6, 6.07) is 7.78. The Hall–Kier alpha value is -1.52. The number of anilines is 1. The Labute approximate surface area is 68.5 Å². The van der Waals surface area contributed by atoms with E-state index in [1.807, 2.05) is 24.3 Å². The Bertz CT molecular complexity index is 448. The summed E-state index contributed by atoms with van der Waals surface area (Å²) >= 11 is 0. The van der Waals surface area contributed by atoms with Crippen molar-refractivity contribution in [3.8, 4) is 0 Å². The van der Waals surface area contributed by atoms with E-state index in [0.29, 0.717) is 0 Å². The molecular formula is C8H7N3O. The van der Waals surface area contributed by atoms with Crippen molar-refractivity contribution in [2.45, 2.75) is 0 Å². The molecule has 0 fully saturated rings. The van der Waals surface area contributed by atoms with Gasteiger partial charge in [-0.25, -0.2) is 5.43 Å². The molecule has 0 saturated carbocycles. The van der Waals surface area contributed by atoms with Gasteiger partial charge in [0.05, 0.1) is 6.20 Å². The lowest BCUT2D eigenvalue weighted by Gasteiger charge is -2.15. The van der Waals surface area contributed by atoms with Gasteiger partial charge in [0.1, 0.15) is 11.2 Å². The summed E-state index contributed by atoms with van der Waals surface area (Å²) in [5.74, 6) is 0. The second-order valence-electron chi connectivity index (χ2n) is 2.86. The Morgan fingerprint density at radius 2 is 2.25 bits per heavy atom. The fourth-order valence-corrected chi connectivity index (χ4v) is 1.64. The average molecular weight is 161 g/mol. The van der Waals surface area contributed by atoms with Crippen molar-refractivity contribution in [2.75, 3.05) is 5.43 Å². The molecule has 1 aromatic heterocycles. The van der Waals surface area contributed by atoms with Gasteiger partial charge in [-0.3, -0.25) is 0 Å². The van der Waals surface area contributed by atoms with Crippen LogP contribution in [0.1, 0.15) is 0 Å². The molecule has 0 saturated heterocycles. The van der Waals surface area contributed by atoms with Gasteiger partial charge in [-0.1, -0.05) is 12.1 Å². The first kappa shape index (κ1) is 6.05. The van der Waals surface area contributed by atoms with Crippen molar-refractivity contribution in [1.82, 2.24) is 4.68 Å². The van der Waals surface area contributed by atoms with E-state index in [2.05, 4.69) is 5.43 Å². The number of quaternary nitrogens is 1. The van der Waals surface area contributed by atoms with E-state index in [1.54, 1.807) is 10.9 Å². The number of rotatable bonds is 0. The fraction of sp³-hybridized carbons (Fsp3) is 0. The predicted molar refractivity (Wildman–Crippen MR) is 45.3 cm³/mol. The van der Waals surface area contributed by atoms with Gasteiger partial charge in [0.2, 0.25) is 0 Å². The van der Waals surface area contributed by atoms with E-state index in [9.17, 15) is 5.21 Å². The molecule has 1 atom stereocenters. The highest BCUT2D eigenvalue weighted by Crippen LogP contribution is 2.23. The molecule has 4 heteroatoms. The van der Waals surface area contributed by atoms with E-state index in [1.165, 1.54) is 0 Å². The van der Waals surface area contributed by atoms with Gasteiger partial charge in [-0.05, 0) is 12.1 Å². The number of hydrogen-bond acceptors (Lipinski definition) is 2. The van der Waals surface area contributed by atoms with Gasteiger partial charge in [0, 0.05) is 5.39 Å². The zero-order valence-electron chi connectivity index (χ0n) is 6.24. The van der Waals surface area contributed by atoms with E-state index < -0.39 is 0 Å². The van der Waals surface area contributed by atoms with E-state index >= 15 is 0 Å². The monoisotopic (exact) mass is 161 g/mol. The van der Waals surface area contributed by atoms with Gasteiger partial charge in [0.25, 0.3) is 0 Å². The number of aromatic nitrogens is 1. The Morgan fingerprint density at radius 1 is 1.33 bits per heavy atom. The predicted octanol–water partition coefficient (Wildman–Crippen LogP) is 0.128. The fourth-order valence-electron chi connectivity index (χ4n) is 1.64. The zero-order valence-corrected chi connectivity index (χ0v) is 6.24. The van der Waals surface area contributed by atoms with Crippen LogP contribution in [-0.2, 0) is 0 Å². The van der Waals surface area contributed by atoms with Crippen LogP contribution in [0.3, 0.4) is 0 Å². The molecule has 2 aromatic rings. The summed E-state index contributed by atoms with van der Waals surface area (Å²) < 4.78 is 1.63. The largest absolute Gasteiger partial charge is 0.582 e. The normalized spacial score (nSPS) is 19.9. The maximum absolute atomic E-state index is 11.3. The van der Waals surface area contributed by atoms with Crippen LogP contribution in [0.5, 0.6) is 0 Å². The third kappa shape index (κ3) is 0.546. The van der Waals surface area contributed by atoms with Crippen molar-refractivity contribution >= 4 is 16.6 Å². The van der Waals surface area contributed by atoms with Crippen molar-refractivity contribution in [3.05, 3.63) is 35.7 Å². The molecule has 3 rings (SSSR count). The highest BCUT2D eigenvalue weighted by molar-refractivity contribution is 5.91. The van der Waals surface area contributed by atoms with Crippen molar-refractivity contribution in [1.29, 1.82) is 0 Å². The summed E-state index contributed by atoms with van der Waals surface area (Å²) in [5.41, 5.74) is 4.67. The van der Waals surface area contributed by atoms with Crippen LogP contribution in [0.2, 0.25) is 0 Å². The summed E-state index contributed by atoms with van der Waals surface area (Å²) in [7, 11) is 0. The zero-order chi connectivity index (χ0) is 8.13. The number of benzene rings is 1. The van der Waals surface area contributed by atoms with Crippen LogP contribution in [0.15, 0.2) is 30.5 Å². The molecule has 1 unspecified atom stereocenters. The van der Waals surface area contributed by atoms with Crippen LogP contribution < -0.4 is 10.7 Å². The minimum atomic E-state index is -0.0637. The molecule has 1 aromatic carbocycles. The van der Waals surface area contributed by atoms with E-state index in [4.69, 9.17) is 0 Å². The number of para-hydroxylation sites is 1. The summed E-state index contributed by atoms with van der Waals surface area (Å²) in [6.45, 7) is 0. The third-order valence-corrected chi connectivity index (χ3v) is 2.17. The lowest BCUT2D eigenvalue weighted by molar-refractivity contribution is -0.865. The van der Waals surface area contributed by atoms with Gasteiger partial charge >= 0.3 is 0 Å². The summed E-state index contributed by atoms with van der Waals surface area (Å²) in [5, 5.41) is 12.3. The molecule has 4 nitrogen and oxygen atoms in total. The van der Waals surface area contributed by atoms with Crippen molar-refractivity contribution in [2.24, 2.45) is 0 Å². The second kappa shape index (κ2) is 1.80. The van der Waals surface area contributed by atoms with Crippen LogP contribution in [0, 0.1) is 5.21 Å². The number of hydrogen-bond donors (Lipinski definition) is 2. The number of nitrogens with one attached hydrogen (secondary N) is 2. The number of nitrogens with zero attached hydrogens (tertiary/aromatic N) is 1. The quantitative estimate of drug-likeness (QED) is 0.539. The lowest BCUT2D eigenvalue weighted by Crippen LogP contribution is -3.11. The highest BCUT2D eigenvalue weighted by Gasteiger charge is 2.18. The van der Waals surface area contributed by atoms with Gasteiger partial charge < -0.3 is 5.21 Å². The first-order chi connectivity index (χ1) is 5.86. The summed E-state index contributed by atoms with van der Waals surface area (Å²) in [6.07, 6.45) is 1.79. The van der Waals surface area contributed by atoms with Gasteiger partial charge in [-0.2, -0.15) is 9.96 Å². The minimum Gasteiger partial charge on any atom is -0.582 e. The SMILES string of the molecule is [O-][NH+]1Nc2cccc3ccn1c23. The Morgan fingerprint density at radius 3 is 3.17 bits per heavy atom. The van der Waals surface area contributed by atoms with Crippen LogP contribution >= 0.6 is 0 Å². The Kier molecular flexibility index (Phi) is 0.905. The van der Waals surface area contributed by atoms with Gasteiger partial charge in [-0.15, -0.1) is 0 Å². The average Bonchev–Trinajstić information content (AvgIpc) is 2.60. The third-order valence-electron chi connectivity index (χ3n) is 2.17. The molecule has 0 aliphatic carbocycles. The second-order valence-corrected chi connectivity index (χ2v) is 2.86. The van der Waals surface area contributed by atoms with E-state index in [0.717, 1.165) is 16.6 Å². The molecule has 2 heterocycles. The first-order valence-corrected chi connectivity index (χ1v) is 3.78. The molecule has 1 aliphatic rings. The maximum atomic E-state index is 11.3. The Balaban J connectivity index is 2.51. The molecule has 0 amide bonds. The summed E-state index contributed by atoms with van der Waals surface area (Å²) in [4.78, 5) is 0. The maximum Gasteiger partial charge on any atom is 0.132 e. The minimum absolute atomic E-state index is 0.0637. The molecule has 0 spiro atoms. The smallest absolute Gasteiger partial charge is 0.132 e. The van der Waals surface area contributed by atoms with Crippen LogP contribution in [0.25, 0.3) is 10.9 Å². The molecule has 60 valence electrons. The highest BCUT2D eigenvalue weighted by atomic mass is 16.6. The molecular weight excluding hydrogens is 154 g/mol. The van der Waals surface area contributed by atoms with Crippen LogP contribution in [-0.4, -0.2) is 4.68 Å². The van der Waals surface area contributed by atoms with Crippen LogP contribution in [0.4, 0.5) is 5.69 Å². The molecule has 2 N–H and O–H groups in total. The molecule has 12 heavy (non-hydrogen) atoms. The molecule has 1 aliphatic heterocycles. The van der Waals surface area contributed by atoms with Gasteiger partial charge in [0.15, 0.2) is 0 Å². The topological polar surface area (TPSA) is 44.5 Å². The van der Waals surface area contributed by atoms with Crippen molar-refractivity contribution in [3.63, 3.8) is 0 Å². The lowest BCUT2D eigenvalue weighted by atomic mass is 10.2. The van der Waals surface area contributed by atoms with E-state index in [-0.39, 0.29) is 5.28 Å².